The lowest BCUT2D eigenvalue weighted by atomic mass is 9.94. The van der Waals surface area contributed by atoms with Crippen LogP contribution in [0.3, 0.4) is 0 Å². The summed E-state index contributed by atoms with van der Waals surface area (Å²) < 4.78 is 0. The lowest BCUT2D eigenvalue weighted by Crippen LogP contribution is -2.34. The summed E-state index contributed by atoms with van der Waals surface area (Å²) in [6.45, 7) is 0. The Morgan fingerprint density at radius 3 is 2.75 bits per heavy atom. The van der Waals surface area contributed by atoms with Crippen LogP contribution in [0.15, 0.2) is 12.3 Å². The third-order valence-electron chi connectivity index (χ3n) is 3.35. The summed E-state index contributed by atoms with van der Waals surface area (Å²) in [7, 11) is 3.98. The van der Waals surface area contributed by atoms with E-state index in [2.05, 4.69) is 27.2 Å². The van der Waals surface area contributed by atoms with Gasteiger partial charge in [-0.15, -0.1) is 0 Å². The van der Waals surface area contributed by atoms with Gasteiger partial charge in [-0.05, 0) is 18.9 Å². The van der Waals surface area contributed by atoms with Gasteiger partial charge in [-0.1, -0.05) is 19.3 Å². The summed E-state index contributed by atoms with van der Waals surface area (Å²) in [5.74, 6) is 1.71. The van der Waals surface area contributed by atoms with Crippen molar-refractivity contribution in [3.05, 3.63) is 12.3 Å². The van der Waals surface area contributed by atoms with Crippen molar-refractivity contribution in [1.29, 1.82) is 0 Å². The molecule has 0 amide bonds. The molecule has 0 radical (unpaired) electrons. The SMILES string of the molecule is CNc1nccc(N(C)C2CCCCC2)n1. The maximum Gasteiger partial charge on any atom is 0.224 e. The lowest BCUT2D eigenvalue weighted by Gasteiger charge is -2.32. The van der Waals surface area contributed by atoms with E-state index in [4.69, 9.17) is 0 Å². The number of rotatable bonds is 3. The predicted octanol–water partition coefficient (Wildman–Crippen LogP) is 2.29. The topological polar surface area (TPSA) is 41.1 Å². The molecule has 1 N–H and O–H groups in total. The van der Waals surface area contributed by atoms with E-state index in [9.17, 15) is 0 Å². The summed E-state index contributed by atoms with van der Waals surface area (Å²) in [5, 5.41) is 2.98. The Morgan fingerprint density at radius 2 is 2.06 bits per heavy atom. The first kappa shape index (κ1) is 11.2. The van der Waals surface area contributed by atoms with E-state index in [1.54, 1.807) is 0 Å². The van der Waals surface area contributed by atoms with Gasteiger partial charge in [-0.2, -0.15) is 4.98 Å². The number of nitrogens with one attached hydrogen (secondary N) is 1. The molecule has 1 aliphatic rings. The number of nitrogens with zero attached hydrogens (tertiary/aromatic N) is 3. The first-order valence-electron chi connectivity index (χ1n) is 6.05. The van der Waals surface area contributed by atoms with Crippen molar-refractivity contribution in [2.45, 2.75) is 38.1 Å². The van der Waals surface area contributed by atoms with Crippen LogP contribution in [-0.4, -0.2) is 30.1 Å². The highest BCUT2D eigenvalue weighted by Gasteiger charge is 2.19. The fourth-order valence-corrected chi connectivity index (χ4v) is 2.32. The van der Waals surface area contributed by atoms with Crippen LogP contribution < -0.4 is 10.2 Å². The Bertz CT molecular complexity index is 334. The van der Waals surface area contributed by atoms with Crippen molar-refractivity contribution in [1.82, 2.24) is 9.97 Å². The highest BCUT2D eigenvalue weighted by Crippen LogP contribution is 2.24. The molecule has 4 nitrogen and oxygen atoms in total. The van der Waals surface area contributed by atoms with Crippen molar-refractivity contribution >= 4 is 11.8 Å². The van der Waals surface area contributed by atoms with Crippen LogP contribution in [0, 0.1) is 0 Å². The fourth-order valence-electron chi connectivity index (χ4n) is 2.32. The molecule has 0 unspecified atom stereocenters. The largest absolute Gasteiger partial charge is 0.357 e. The fraction of sp³-hybridized carbons (Fsp3) is 0.667. The molecule has 88 valence electrons. The molecule has 4 heteroatoms. The molecule has 16 heavy (non-hydrogen) atoms. The van der Waals surface area contributed by atoms with E-state index in [1.165, 1.54) is 32.1 Å². The molecule has 1 aromatic heterocycles. The van der Waals surface area contributed by atoms with E-state index < -0.39 is 0 Å². The zero-order valence-electron chi connectivity index (χ0n) is 10.1. The van der Waals surface area contributed by atoms with E-state index >= 15 is 0 Å². The molecule has 1 aromatic rings. The van der Waals surface area contributed by atoms with Gasteiger partial charge in [0.05, 0.1) is 0 Å². The van der Waals surface area contributed by atoms with Crippen molar-refractivity contribution in [3.8, 4) is 0 Å². The van der Waals surface area contributed by atoms with Crippen LogP contribution in [0.5, 0.6) is 0 Å². The van der Waals surface area contributed by atoms with Crippen LogP contribution in [0.25, 0.3) is 0 Å². The third-order valence-corrected chi connectivity index (χ3v) is 3.35. The summed E-state index contributed by atoms with van der Waals surface area (Å²) in [4.78, 5) is 10.9. The first-order valence-corrected chi connectivity index (χ1v) is 6.05. The molecule has 0 saturated heterocycles. The van der Waals surface area contributed by atoms with E-state index in [0.717, 1.165) is 5.82 Å². The molecular formula is C12H20N4. The van der Waals surface area contributed by atoms with Crippen LogP contribution in [0.2, 0.25) is 0 Å². The zero-order valence-corrected chi connectivity index (χ0v) is 10.1. The Balaban J connectivity index is 2.09. The highest BCUT2D eigenvalue weighted by atomic mass is 15.2. The maximum absolute atomic E-state index is 4.47. The molecule has 0 atom stereocenters. The van der Waals surface area contributed by atoms with Crippen molar-refractivity contribution in [2.75, 3.05) is 24.3 Å². The van der Waals surface area contributed by atoms with Gasteiger partial charge in [0.2, 0.25) is 5.95 Å². The second-order valence-electron chi connectivity index (χ2n) is 4.39. The van der Waals surface area contributed by atoms with Gasteiger partial charge in [0, 0.05) is 26.3 Å². The van der Waals surface area contributed by atoms with Gasteiger partial charge in [0.25, 0.3) is 0 Å². The normalized spacial score (nSPS) is 17.1. The molecule has 0 aliphatic heterocycles. The summed E-state index contributed by atoms with van der Waals surface area (Å²) >= 11 is 0. The van der Waals surface area contributed by atoms with Gasteiger partial charge in [-0.25, -0.2) is 4.98 Å². The third kappa shape index (κ3) is 2.43. The average molecular weight is 220 g/mol. The number of hydrogen-bond acceptors (Lipinski definition) is 4. The molecule has 1 heterocycles. The van der Waals surface area contributed by atoms with Crippen LogP contribution in [0.4, 0.5) is 11.8 Å². The van der Waals surface area contributed by atoms with Crippen LogP contribution in [-0.2, 0) is 0 Å². The zero-order chi connectivity index (χ0) is 11.4. The molecule has 1 fully saturated rings. The predicted molar refractivity (Wildman–Crippen MR) is 66.9 cm³/mol. The minimum absolute atomic E-state index is 0.647. The van der Waals surface area contributed by atoms with E-state index in [-0.39, 0.29) is 0 Å². The van der Waals surface area contributed by atoms with E-state index in [1.807, 2.05) is 19.3 Å². The second kappa shape index (κ2) is 5.14. The molecule has 0 bridgehead atoms. The Hall–Kier alpha value is -1.32. The second-order valence-corrected chi connectivity index (χ2v) is 4.39. The van der Waals surface area contributed by atoms with Crippen molar-refractivity contribution < 1.29 is 0 Å². The number of anilines is 2. The smallest absolute Gasteiger partial charge is 0.224 e. The Kier molecular flexibility index (Phi) is 3.59. The van der Waals surface area contributed by atoms with Gasteiger partial charge in [-0.3, -0.25) is 0 Å². The monoisotopic (exact) mass is 220 g/mol. The maximum atomic E-state index is 4.47. The number of aromatic nitrogens is 2. The summed E-state index contributed by atoms with van der Waals surface area (Å²) in [6, 6.07) is 2.63. The Labute approximate surface area is 97.1 Å². The molecule has 2 rings (SSSR count). The quantitative estimate of drug-likeness (QED) is 0.848. The summed E-state index contributed by atoms with van der Waals surface area (Å²) in [6.07, 6.45) is 8.46. The highest BCUT2D eigenvalue weighted by molar-refractivity contribution is 5.42. The molecule has 1 saturated carbocycles. The van der Waals surface area contributed by atoms with Crippen LogP contribution >= 0.6 is 0 Å². The average Bonchev–Trinajstić information content (AvgIpc) is 2.39. The molecular weight excluding hydrogens is 200 g/mol. The first-order chi connectivity index (χ1) is 7.81. The minimum atomic E-state index is 0.647. The van der Waals surface area contributed by atoms with Gasteiger partial charge < -0.3 is 10.2 Å². The lowest BCUT2D eigenvalue weighted by molar-refractivity contribution is 0.426. The standard InChI is InChI=1S/C12H20N4/c1-13-12-14-9-8-11(15-12)16(2)10-6-4-3-5-7-10/h8-10H,3-7H2,1-2H3,(H,13,14,15). The van der Waals surface area contributed by atoms with Gasteiger partial charge in [0.15, 0.2) is 0 Å². The molecule has 0 aromatic carbocycles. The molecule has 1 aliphatic carbocycles. The number of hydrogen-bond donors (Lipinski definition) is 1. The summed E-state index contributed by atoms with van der Waals surface area (Å²) in [5.41, 5.74) is 0. The molecule has 0 spiro atoms. The van der Waals surface area contributed by atoms with Gasteiger partial charge in [0.1, 0.15) is 5.82 Å². The van der Waals surface area contributed by atoms with Crippen LogP contribution in [0.1, 0.15) is 32.1 Å². The van der Waals surface area contributed by atoms with Crippen molar-refractivity contribution in [3.63, 3.8) is 0 Å². The Morgan fingerprint density at radius 1 is 1.31 bits per heavy atom. The van der Waals surface area contributed by atoms with Crippen molar-refractivity contribution in [2.24, 2.45) is 0 Å². The minimum Gasteiger partial charge on any atom is -0.357 e. The van der Waals surface area contributed by atoms with E-state index in [0.29, 0.717) is 12.0 Å². The van der Waals surface area contributed by atoms with Gasteiger partial charge >= 0.3 is 0 Å².